The van der Waals surface area contributed by atoms with Crippen LogP contribution in [0.1, 0.15) is 40.0 Å². The minimum atomic E-state index is -1.71. The molecule has 5 atom stereocenters. The zero-order chi connectivity index (χ0) is 25.2. The number of rotatable bonds is 14. The Labute approximate surface area is 184 Å². The van der Waals surface area contributed by atoms with E-state index in [1.165, 1.54) is 6.92 Å². The molecule has 0 spiro atoms. The fourth-order valence-corrected chi connectivity index (χ4v) is 2.43. The Balaban J connectivity index is 5.54. The summed E-state index contributed by atoms with van der Waals surface area (Å²) in [7, 11) is 0. The van der Waals surface area contributed by atoms with Crippen LogP contribution >= 0.6 is 0 Å². The maximum absolute atomic E-state index is 12.6. The molecule has 182 valence electrons. The summed E-state index contributed by atoms with van der Waals surface area (Å²) in [4.78, 5) is 70.4. The molecular formula is C18H31N5O9. The Bertz CT molecular complexity index is 726. The molecular weight excluding hydrogens is 430 g/mol. The molecule has 0 aliphatic rings. The number of primary amides is 1. The highest BCUT2D eigenvalue weighted by molar-refractivity contribution is 5.95. The zero-order valence-electron chi connectivity index (χ0n) is 18.0. The van der Waals surface area contributed by atoms with Gasteiger partial charge >= 0.3 is 11.9 Å². The first-order valence-electron chi connectivity index (χ1n) is 9.75. The van der Waals surface area contributed by atoms with Gasteiger partial charge in [-0.2, -0.15) is 0 Å². The van der Waals surface area contributed by atoms with Crippen molar-refractivity contribution >= 4 is 35.6 Å². The van der Waals surface area contributed by atoms with Gasteiger partial charge in [-0.25, -0.2) is 4.79 Å². The summed E-state index contributed by atoms with van der Waals surface area (Å²) in [5, 5.41) is 34.3. The lowest BCUT2D eigenvalue weighted by Crippen LogP contribution is -2.60. The van der Waals surface area contributed by atoms with Crippen molar-refractivity contribution in [2.75, 3.05) is 0 Å². The first kappa shape index (κ1) is 28.7. The van der Waals surface area contributed by atoms with Gasteiger partial charge in [0.25, 0.3) is 0 Å². The number of hydrogen-bond acceptors (Lipinski definition) is 8. The molecule has 5 unspecified atom stereocenters. The summed E-state index contributed by atoms with van der Waals surface area (Å²) in [5.41, 5.74) is 10.7. The average molecular weight is 461 g/mol. The van der Waals surface area contributed by atoms with E-state index in [0.29, 0.717) is 0 Å². The molecule has 0 radical (unpaired) electrons. The molecule has 0 aliphatic heterocycles. The van der Waals surface area contributed by atoms with Crippen molar-refractivity contribution in [3.63, 3.8) is 0 Å². The second kappa shape index (κ2) is 13.2. The van der Waals surface area contributed by atoms with Crippen LogP contribution in [0.3, 0.4) is 0 Å². The highest BCUT2D eigenvalue weighted by Gasteiger charge is 2.33. The van der Waals surface area contributed by atoms with Gasteiger partial charge in [0.05, 0.1) is 18.6 Å². The normalized spacial score (nSPS) is 15.6. The van der Waals surface area contributed by atoms with Crippen LogP contribution in [-0.2, 0) is 28.8 Å². The smallest absolute Gasteiger partial charge is 0.326 e. The molecule has 0 saturated carbocycles. The van der Waals surface area contributed by atoms with Crippen LogP contribution in [0.15, 0.2) is 0 Å². The third-order valence-electron chi connectivity index (χ3n) is 4.38. The average Bonchev–Trinajstić information content (AvgIpc) is 2.66. The van der Waals surface area contributed by atoms with Crippen molar-refractivity contribution in [3.8, 4) is 0 Å². The molecule has 4 amide bonds. The first-order valence-corrected chi connectivity index (χ1v) is 9.75. The minimum absolute atomic E-state index is 0.278. The van der Waals surface area contributed by atoms with Crippen LogP contribution in [-0.4, -0.2) is 81.2 Å². The monoisotopic (exact) mass is 461 g/mol. The van der Waals surface area contributed by atoms with Gasteiger partial charge in [-0.1, -0.05) is 13.8 Å². The molecule has 0 aliphatic carbocycles. The van der Waals surface area contributed by atoms with Crippen LogP contribution in [0.25, 0.3) is 0 Å². The first-order chi connectivity index (χ1) is 14.7. The van der Waals surface area contributed by atoms with E-state index in [9.17, 15) is 33.9 Å². The number of carboxylic acids is 2. The van der Waals surface area contributed by atoms with Gasteiger partial charge in [0.1, 0.15) is 18.1 Å². The fraction of sp³-hybridized carbons (Fsp3) is 0.667. The van der Waals surface area contributed by atoms with Crippen molar-refractivity contribution in [1.82, 2.24) is 16.0 Å². The number of carboxylic acid groups (broad SMARTS) is 2. The lowest BCUT2D eigenvalue weighted by atomic mass is 10.0. The summed E-state index contributed by atoms with van der Waals surface area (Å²) in [6, 6.07) is -5.78. The highest BCUT2D eigenvalue weighted by Crippen LogP contribution is 2.05. The Morgan fingerprint density at radius 1 is 0.844 bits per heavy atom. The Hall–Kier alpha value is -3.26. The van der Waals surface area contributed by atoms with Gasteiger partial charge in [0.15, 0.2) is 0 Å². The van der Waals surface area contributed by atoms with Crippen LogP contribution in [0, 0.1) is 5.92 Å². The van der Waals surface area contributed by atoms with E-state index in [4.69, 9.17) is 21.7 Å². The van der Waals surface area contributed by atoms with E-state index >= 15 is 0 Å². The number of aliphatic hydroxyl groups excluding tert-OH is 1. The van der Waals surface area contributed by atoms with Gasteiger partial charge in [-0.15, -0.1) is 0 Å². The van der Waals surface area contributed by atoms with E-state index in [-0.39, 0.29) is 5.92 Å². The third kappa shape index (κ3) is 10.2. The van der Waals surface area contributed by atoms with Crippen molar-refractivity contribution in [1.29, 1.82) is 0 Å². The topological polar surface area (TPSA) is 251 Å². The van der Waals surface area contributed by atoms with Crippen LogP contribution < -0.4 is 27.4 Å². The summed E-state index contributed by atoms with van der Waals surface area (Å²) in [6.07, 6.45) is -3.17. The lowest BCUT2D eigenvalue weighted by molar-refractivity contribution is -0.144. The van der Waals surface area contributed by atoms with Gasteiger partial charge in [0.2, 0.25) is 23.6 Å². The van der Waals surface area contributed by atoms with E-state index in [0.717, 1.165) is 0 Å². The van der Waals surface area contributed by atoms with Crippen LogP contribution in [0.4, 0.5) is 0 Å². The lowest BCUT2D eigenvalue weighted by Gasteiger charge is -2.26. The van der Waals surface area contributed by atoms with Gasteiger partial charge in [0, 0.05) is 6.42 Å². The van der Waals surface area contributed by atoms with Crippen molar-refractivity contribution < 1.29 is 44.1 Å². The van der Waals surface area contributed by atoms with Gasteiger partial charge in [-0.05, 0) is 19.3 Å². The van der Waals surface area contributed by atoms with Gasteiger partial charge < -0.3 is 42.7 Å². The maximum atomic E-state index is 12.6. The second-order valence-electron chi connectivity index (χ2n) is 7.56. The number of nitrogens with two attached hydrogens (primary N) is 2. The van der Waals surface area contributed by atoms with Crippen molar-refractivity contribution in [3.05, 3.63) is 0 Å². The fourth-order valence-electron chi connectivity index (χ4n) is 2.43. The molecule has 0 fully saturated rings. The molecule has 14 heteroatoms. The molecule has 0 aromatic rings. The quantitative estimate of drug-likeness (QED) is 0.127. The number of aliphatic hydroxyl groups is 1. The molecule has 0 heterocycles. The number of nitrogens with one attached hydrogen (secondary N) is 3. The molecule has 10 N–H and O–H groups in total. The van der Waals surface area contributed by atoms with Crippen LogP contribution in [0.5, 0.6) is 0 Å². The van der Waals surface area contributed by atoms with Gasteiger partial charge in [-0.3, -0.25) is 24.0 Å². The summed E-state index contributed by atoms with van der Waals surface area (Å²) < 4.78 is 0. The minimum Gasteiger partial charge on any atom is -0.481 e. The predicted octanol–water partition coefficient (Wildman–Crippen LogP) is -3.37. The number of hydrogen-bond donors (Lipinski definition) is 8. The Kier molecular flexibility index (Phi) is 11.9. The summed E-state index contributed by atoms with van der Waals surface area (Å²) in [6.45, 7) is 4.53. The van der Waals surface area contributed by atoms with E-state index in [1.807, 2.05) is 5.32 Å². The number of amides is 4. The predicted molar refractivity (Wildman–Crippen MR) is 109 cm³/mol. The molecule has 0 rings (SSSR count). The van der Waals surface area contributed by atoms with E-state index < -0.39 is 85.1 Å². The SMILES string of the molecule is CC(C)C(N)C(=O)NC(C(=O)NC(CCC(=O)O)C(=O)NC(CC(N)=O)C(=O)O)C(C)O. The highest BCUT2D eigenvalue weighted by atomic mass is 16.4. The summed E-state index contributed by atoms with van der Waals surface area (Å²) in [5.74, 6) is -7.02. The molecule has 14 nitrogen and oxygen atoms in total. The van der Waals surface area contributed by atoms with Crippen molar-refractivity contribution in [2.24, 2.45) is 17.4 Å². The Morgan fingerprint density at radius 2 is 1.38 bits per heavy atom. The Morgan fingerprint density at radius 3 is 1.78 bits per heavy atom. The molecule has 32 heavy (non-hydrogen) atoms. The molecule has 0 bridgehead atoms. The third-order valence-corrected chi connectivity index (χ3v) is 4.38. The molecule has 0 aromatic carbocycles. The largest absolute Gasteiger partial charge is 0.481 e. The number of aliphatic carboxylic acids is 2. The van der Waals surface area contributed by atoms with Crippen LogP contribution in [0.2, 0.25) is 0 Å². The summed E-state index contributed by atoms with van der Waals surface area (Å²) >= 11 is 0. The van der Waals surface area contributed by atoms with E-state index in [2.05, 4.69) is 10.6 Å². The van der Waals surface area contributed by atoms with Crippen molar-refractivity contribution in [2.45, 2.75) is 70.3 Å². The van der Waals surface area contributed by atoms with E-state index in [1.54, 1.807) is 13.8 Å². The molecule has 0 saturated heterocycles. The maximum Gasteiger partial charge on any atom is 0.326 e. The number of carbonyl (C=O) groups is 6. The zero-order valence-corrected chi connectivity index (χ0v) is 18.0. The standard InChI is InChI=1S/C18H31N5O9/c1-7(2)13(20)16(29)23-14(8(3)24)17(30)21-9(4-5-12(26)27)15(28)22-10(18(31)32)6-11(19)25/h7-10,13-14,24H,4-6,20H2,1-3H3,(H2,19,25)(H,21,30)(H,22,28)(H,23,29)(H,26,27)(H,31,32). The molecule has 0 aromatic heterocycles. The number of carbonyl (C=O) groups excluding carboxylic acids is 4. The second-order valence-corrected chi connectivity index (χ2v) is 7.56.